The summed E-state index contributed by atoms with van der Waals surface area (Å²) in [4.78, 5) is 5.41. The number of hydrogen-bond donors (Lipinski definition) is 0. The number of nitrogens with zero attached hydrogens (tertiary/aromatic N) is 2. The van der Waals surface area contributed by atoms with Gasteiger partial charge in [0.1, 0.15) is 5.82 Å². The highest BCUT2D eigenvalue weighted by Gasteiger charge is 2.23. The fourth-order valence-electron chi connectivity index (χ4n) is 10.1. The van der Waals surface area contributed by atoms with Gasteiger partial charge >= 0.3 is 0 Å². The highest BCUT2D eigenvalue weighted by molar-refractivity contribution is 6.37. The predicted octanol–water partition coefficient (Wildman–Crippen LogP) is 15.0. The van der Waals surface area contributed by atoms with Gasteiger partial charge in [0.2, 0.25) is 0 Å². The molecule has 1 heterocycles. The van der Waals surface area contributed by atoms with E-state index in [1.54, 1.807) is 0 Å². The summed E-state index contributed by atoms with van der Waals surface area (Å²) in [7, 11) is 0. The molecule has 0 N–H and O–H groups in total. The lowest BCUT2D eigenvalue weighted by Crippen LogP contribution is -1.99. The van der Waals surface area contributed by atoms with Crippen molar-refractivity contribution < 1.29 is 0 Å². The van der Waals surface area contributed by atoms with E-state index < -0.39 is 0 Å². The van der Waals surface area contributed by atoms with Gasteiger partial charge in [-0.2, -0.15) is 0 Å². The summed E-state index contributed by atoms with van der Waals surface area (Å²) in [6, 6.07) is 71.6. The molecule has 0 saturated heterocycles. The first-order valence-electron chi connectivity index (χ1n) is 19.7. The fraction of sp³-hybridized carbons (Fsp3) is 0. The van der Waals surface area contributed by atoms with Crippen LogP contribution in [0.25, 0.3) is 125 Å². The Bertz CT molecular complexity index is 3740. The van der Waals surface area contributed by atoms with E-state index in [0.717, 1.165) is 28.1 Å². The maximum Gasteiger partial charge on any atom is 0.146 e. The Balaban J connectivity index is 1.21. The van der Waals surface area contributed by atoms with Crippen molar-refractivity contribution in [3.63, 3.8) is 0 Å². The Labute approximate surface area is 327 Å². The molecule has 0 atom stereocenters. The van der Waals surface area contributed by atoms with E-state index in [9.17, 15) is 0 Å². The number of hydrogen-bond acceptors (Lipinski definition) is 1. The fourth-order valence-corrected chi connectivity index (χ4v) is 10.1. The molecule has 0 bridgehead atoms. The van der Waals surface area contributed by atoms with Gasteiger partial charge in [0.05, 0.1) is 11.0 Å². The van der Waals surface area contributed by atoms with E-state index in [1.807, 2.05) is 0 Å². The smallest absolute Gasteiger partial charge is 0.146 e. The Hall–Kier alpha value is -7.55. The van der Waals surface area contributed by atoms with Crippen LogP contribution in [-0.4, -0.2) is 9.55 Å². The first-order valence-corrected chi connectivity index (χ1v) is 19.7. The van der Waals surface area contributed by atoms with Crippen LogP contribution in [0.2, 0.25) is 0 Å². The summed E-state index contributed by atoms with van der Waals surface area (Å²) >= 11 is 0. The minimum atomic E-state index is 0.945. The molecule has 13 aromatic rings. The summed E-state index contributed by atoms with van der Waals surface area (Å²) in [5, 5.41) is 20.3. The van der Waals surface area contributed by atoms with E-state index in [4.69, 9.17) is 4.98 Å². The molecule has 57 heavy (non-hydrogen) atoms. The van der Waals surface area contributed by atoms with Gasteiger partial charge < -0.3 is 0 Å². The van der Waals surface area contributed by atoms with Crippen LogP contribution >= 0.6 is 0 Å². The van der Waals surface area contributed by atoms with Crippen molar-refractivity contribution in [2.75, 3.05) is 0 Å². The average molecular weight is 721 g/mol. The van der Waals surface area contributed by atoms with Gasteiger partial charge in [0, 0.05) is 11.3 Å². The monoisotopic (exact) mass is 720 g/mol. The van der Waals surface area contributed by atoms with Crippen LogP contribution in [0.1, 0.15) is 0 Å². The number of imidazole rings is 1. The van der Waals surface area contributed by atoms with Gasteiger partial charge in [-0.25, -0.2) is 4.98 Å². The molecule has 0 spiro atoms. The summed E-state index contributed by atoms with van der Waals surface area (Å²) in [5.41, 5.74) is 6.76. The molecule has 1 aromatic heterocycles. The molecule has 2 heteroatoms. The SMILES string of the molecule is c1ccc(-n2c(-c3c4ccccc4c(-c4cc5ccc6cccc7c8cccc9ccc%10cccc(c(c4)c5c67)c%10c98)c4ccccc34)nc3ccccc32)cc1. The van der Waals surface area contributed by atoms with E-state index in [0.29, 0.717) is 0 Å². The zero-order valence-electron chi connectivity index (χ0n) is 30.9. The number of benzene rings is 11. The second-order valence-corrected chi connectivity index (χ2v) is 15.4. The van der Waals surface area contributed by atoms with Crippen molar-refractivity contribution >= 4 is 97.2 Å². The van der Waals surface area contributed by atoms with Crippen LogP contribution in [0.4, 0.5) is 0 Å². The van der Waals surface area contributed by atoms with Crippen LogP contribution in [0.5, 0.6) is 0 Å². The molecular formula is C55H32N2. The van der Waals surface area contributed by atoms with E-state index in [-0.39, 0.29) is 0 Å². The van der Waals surface area contributed by atoms with Gasteiger partial charge in [0.25, 0.3) is 0 Å². The van der Waals surface area contributed by atoms with Crippen LogP contribution in [0.15, 0.2) is 194 Å². The Morgan fingerprint density at radius 2 is 0.772 bits per heavy atom. The molecule has 0 aliphatic heterocycles. The lowest BCUT2D eigenvalue weighted by molar-refractivity contribution is 1.11. The molecule has 2 nitrogen and oxygen atoms in total. The number of rotatable bonds is 3. The molecule has 13 rings (SSSR count). The molecule has 0 saturated carbocycles. The van der Waals surface area contributed by atoms with E-state index >= 15 is 0 Å². The maximum absolute atomic E-state index is 5.41. The van der Waals surface area contributed by atoms with Crippen LogP contribution in [0.3, 0.4) is 0 Å². The Morgan fingerprint density at radius 3 is 1.37 bits per heavy atom. The summed E-state index contributed by atoms with van der Waals surface area (Å²) in [6.45, 7) is 0. The zero-order valence-corrected chi connectivity index (χ0v) is 30.9. The number of aromatic nitrogens is 2. The van der Waals surface area contributed by atoms with Gasteiger partial charge in [-0.15, -0.1) is 0 Å². The molecule has 0 aliphatic carbocycles. The first-order chi connectivity index (χ1) is 28.3. The molecule has 0 unspecified atom stereocenters. The minimum Gasteiger partial charge on any atom is -0.292 e. The van der Waals surface area contributed by atoms with Crippen molar-refractivity contribution in [2.24, 2.45) is 0 Å². The van der Waals surface area contributed by atoms with Crippen molar-refractivity contribution in [2.45, 2.75) is 0 Å². The van der Waals surface area contributed by atoms with Crippen LogP contribution in [-0.2, 0) is 0 Å². The van der Waals surface area contributed by atoms with Crippen molar-refractivity contribution in [3.05, 3.63) is 194 Å². The third-order valence-electron chi connectivity index (χ3n) is 12.4. The number of para-hydroxylation sites is 3. The first kappa shape index (κ1) is 30.7. The summed E-state index contributed by atoms with van der Waals surface area (Å²) < 4.78 is 2.33. The largest absolute Gasteiger partial charge is 0.292 e. The van der Waals surface area contributed by atoms with Crippen molar-refractivity contribution in [1.82, 2.24) is 9.55 Å². The van der Waals surface area contributed by atoms with E-state index in [1.165, 1.54) is 97.3 Å². The third kappa shape index (κ3) is 4.22. The second kappa shape index (κ2) is 11.5. The quantitative estimate of drug-likeness (QED) is 0.131. The lowest BCUT2D eigenvalue weighted by atomic mass is 9.84. The Morgan fingerprint density at radius 1 is 0.316 bits per heavy atom. The standard InChI is InChI=1S/C55H32N2/c1-2-16-38(17-3-1)57-48-26-9-8-25-47(48)56-55(57)54-43-20-6-4-18-39(43)49(40-19-5-7-21-44(40)54)37-31-36-30-29-35-14-11-23-42-41-22-10-13-33-27-28-34-15-12-24-45(52(34)50(33)41)46(32-37)53(36)51(35)42/h1-32H. The van der Waals surface area contributed by atoms with Crippen LogP contribution < -0.4 is 0 Å². The Kier molecular flexibility index (Phi) is 6.19. The van der Waals surface area contributed by atoms with E-state index in [2.05, 4.69) is 199 Å². The van der Waals surface area contributed by atoms with Gasteiger partial charge in [0.15, 0.2) is 0 Å². The lowest BCUT2D eigenvalue weighted by Gasteiger charge is -2.20. The summed E-state index contributed by atoms with van der Waals surface area (Å²) in [5.74, 6) is 0.945. The third-order valence-corrected chi connectivity index (χ3v) is 12.4. The van der Waals surface area contributed by atoms with Crippen molar-refractivity contribution in [1.29, 1.82) is 0 Å². The highest BCUT2D eigenvalue weighted by Crippen LogP contribution is 2.48. The molecule has 12 aromatic carbocycles. The summed E-state index contributed by atoms with van der Waals surface area (Å²) in [6.07, 6.45) is 0. The molecular weight excluding hydrogens is 689 g/mol. The highest BCUT2D eigenvalue weighted by atomic mass is 15.1. The predicted molar refractivity (Wildman–Crippen MR) is 243 cm³/mol. The topological polar surface area (TPSA) is 17.8 Å². The minimum absolute atomic E-state index is 0.945. The van der Waals surface area contributed by atoms with Crippen molar-refractivity contribution in [3.8, 4) is 28.2 Å². The second-order valence-electron chi connectivity index (χ2n) is 15.4. The zero-order chi connectivity index (χ0) is 37.2. The van der Waals surface area contributed by atoms with Crippen LogP contribution in [0, 0.1) is 0 Å². The molecule has 0 fully saturated rings. The maximum atomic E-state index is 5.41. The molecule has 0 aliphatic rings. The van der Waals surface area contributed by atoms with Gasteiger partial charge in [-0.1, -0.05) is 158 Å². The molecule has 0 amide bonds. The number of fused-ring (bicyclic) bond motifs is 5. The average Bonchev–Trinajstić information content (AvgIpc) is 3.66. The molecule has 262 valence electrons. The van der Waals surface area contributed by atoms with Gasteiger partial charge in [-0.05, 0) is 134 Å². The molecule has 0 radical (unpaired) electrons. The van der Waals surface area contributed by atoms with Gasteiger partial charge in [-0.3, -0.25) is 4.57 Å². The normalized spacial score (nSPS) is 12.2.